The van der Waals surface area contributed by atoms with Crippen LogP contribution in [0.15, 0.2) is 40.9 Å². The van der Waals surface area contributed by atoms with Crippen LogP contribution in [0.2, 0.25) is 0 Å². The van der Waals surface area contributed by atoms with Crippen LogP contribution < -0.4 is 4.74 Å². The van der Waals surface area contributed by atoms with Crippen LogP contribution in [0.1, 0.15) is 11.1 Å². The van der Waals surface area contributed by atoms with Gasteiger partial charge in [0.2, 0.25) is 0 Å². The minimum Gasteiger partial charge on any atom is -0.454 e. The highest BCUT2D eigenvalue weighted by molar-refractivity contribution is 9.10. The van der Waals surface area contributed by atoms with Gasteiger partial charge in [-0.25, -0.2) is 4.39 Å². The Morgan fingerprint density at radius 1 is 1.22 bits per heavy atom. The second-order valence-electron chi connectivity index (χ2n) is 3.82. The third-order valence-corrected chi connectivity index (χ3v) is 2.77. The van der Waals surface area contributed by atoms with Gasteiger partial charge in [0.05, 0.1) is 11.6 Å². The van der Waals surface area contributed by atoms with E-state index in [2.05, 4.69) is 15.9 Å². The highest BCUT2D eigenvalue weighted by atomic mass is 79.9. The number of benzene rings is 2. The van der Waals surface area contributed by atoms with E-state index < -0.39 is 5.82 Å². The van der Waals surface area contributed by atoms with E-state index in [1.165, 1.54) is 6.07 Å². The molecule has 0 radical (unpaired) electrons. The molecule has 0 heterocycles. The molecule has 2 aromatic rings. The number of rotatable bonds is 2. The fourth-order valence-corrected chi connectivity index (χ4v) is 1.97. The normalized spacial score (nSPS) is 9.89. The lowest BCUT2D eigenvalue weighted by Crippen LogP contribution is -1.90. The predicted octanol–water partition coefficient (Wildman–Crippen LogP) is 4.56. The van der Waals surface area contributed by atoms with E-state index in [1.807, 2.05) is 13.0 Å². The Labute approximate surface area is 113 Å². The van der Waals surface area contributed by atoms with Crippen LogP contribution in [0.5, 0.6) is 11.5 Å². The molecule has 0 unspecified atom stereocenters. The zero-order valence-electron chi connectivity index (χ0n) is 9.58. The Morgan fingerprint density at radius 2 is 2.00 bits per heavy atom. The molecule has 0 saturated heterocycles. The first-order valence-electron chi connectivity index (χ1n) is 5.23. The van der Waals surface area contributed by atoms with E-state index >= 15 is 0 Å². The minimum atomic E-state index is -0.431. The molecule has 0 N–H and O–H groups in total. The van der Waals surface area contributed by atoms with Crippen LogP contribution >= 0.6 is 15.9 Å². The molecule has 0 aromatic heterocycles. The SMILES string of the molecule is Cc1ccc(F)c(Oc2cc(Br)cc(C#N)c2)c1. The van der Waals surface area contributed by atoms with E-state index in [9.17, 15) is 4.39 Å². The largest absolute Gasteiger partial charge is 0.454 e. The van der Waals surface area contributed by atoms with Crippen molar-refractivity contribution < 1.29 is 9.13 Å². The number of halogens is 2. The Balaban J connectivity index is 2.37. The van der Waals surface area contributed by atoms with Crippen LogP contribution in [0.4, 0.5) is 4.39 Å². The average molecular weight is 306 g/mol. The van der Waals surface area contributed by atoms with Crippen molar-refractivity contribution in [2.75, 3.05) is 0 Å². The molecule has 18 heavy (non-hydrogen) atoms. The quantitative estimate of drug-likeness (QED) is 0.815. The first kappa shape index (κ1) is 12.6. The second kappa shape index (κ2) is 5.19. The van der Waals surface area contributed by atoms with Gasteiger partial charge in [0, 0.05) is 4.47 Å². The number of nitrogens with zero attached hydrogens (tertiary/aromatic N) is 1. The minimum absolute atomic E-state index is 0.150. The number of nitriles is 1. The second-order valence-corrected chi connectivity index (χ2v) is 4.74. The Morgan fingerprint density at radius 3 is 2.72 bits per heavy atom. The van der Waals surface area contributed by atoms with E-state index in [4.69, 9.17) is 10.00 Å². The molecule has 0 atom stereocenters. The summed E-state index contributed by atoms with van der Waals surface area (Å²) in [7, 11) is 0. The van der Waals surface area contributed by atoms with Crippen LogP contribution in [-0.4, -0.2) is 0 Å². The number of hydrogen-bond donors (Lipinski definition) is 0. The molecule has 90 valence electrons. The molecule has 0 spiro atoms. The topological polar surface area (TPSA) is 33.0 Å². The summed E-state index contributed by atoms with van der Waals surface area (Å²) in [5, 5.41) is 8.85. The molecule has 0 saturated carbocycles. The van der Waals surface area contributed by atoms with Gasteiger partial charge >= 0.3 is 0 Å². The summed E-state index contributed by atoms with van der Waals surface area (Å²) < 4.78 is 19.7. The van der Waals surface area contributed by atoms with Crippen molar-refractivity contribution in [1.82, 2.24) is 0 Å². The maximum Gasteiger partial charge on any atom is 0.165 e. The maximum atomic E-state index is 13.5. The molecular formula is C14H9BrFNO. The predicted molar refractivity (Wildman–Crippen MR) is 70.1 cm³/mol. The molecule has 0 bridgehead atoms. The van der Waals surface area contributed by atoms with Gasteiger partial charge in [-0.1, -0.05) is 22.0 Å². The molecule has 4 heteroatoms. The molecule has 0 aliphatic carbocycles. The van der Waals surface area contributed by atoms with Gasteiger partial charge in [0.1, 0.15) is 5.75 Å². The van der Waals surface area contributed by atoms with Crippen molar-refractivity contribution in [3.63, 3.8) is 0 Å². The number of aryl methyl sites for hydroxylation is 1. The zero-order chi connectivity index (χ0) is 13.1. The van der Waals surface area contributed by atoms with Gasteiger partial charge in [-0.05, 0) is 42.8 Å². The summed E-state index contributed by atoms with van der Waals surface area (Å²) in [5.74, 6) is 0.140. The van der Waals surface area contributed by atoms with E-state index in [-0.39, 0.29) is 5.75 Å². The summed E-state index contributed by atoms with van der Waals surface area (Å²) >= 11 is 3.28. The van der Waals surface area contributed by atoms with Crippen LogP contribution in [0.25, 0.3) is 0 Å². The fourth-order valence-electron chi connectivity index (χ4n) is 1.50. The Bertz CT molecular complexity index is 634. The van der Waals surface area contributed by atoms with E-state index in [1.54, 1.807) is 30.3 Å². The van der Waals surface area contributed by atoms with Crippen LogP contribution in [0, 0.1) is 24.1 Å². The summed E-state index contributed by atoms with van der Waals surface area (Å²) in [5.41, 5.74) is 1.36. The maximum absolute atomic E-state index is 13.5. The monoisotopic (exact) mass is 305 g/mol. The third kappa shape index (κ3) is 2.88. The number of ether oxygens (including phenoxy) is 1. The van der Waals surface area contributed by atoms with Gasteiger partial charge in [0.25, 0.3) is 0 Å². The van der Waals surface area contributed by atoms with Gasteiger partial charge in [0.15, 0.2) is 11.6 Å². The average Bonchev–Trinajstić information content (AvgIpc) is 2.33. The Kier molecular flexibility index (Phi) is 3.63. The van der Waals surface area contributed by atoms with E-state index in [0.717, 1.165) is 5.56 Å². The lowest BCUT2D eigenvalue weighted by atomic mass is 10.2. The van der Waals surface area contributed by atoms with Gasteiger partial charge in [-0.3, -0.25) is 0 Å². The van der Waals surface area contributed by atoms with Gasteiger partial charge in [-0.2, -0.15) is 5.26 Å². The summed E-state index contributed by atoms with van der Waals surface area (Å²) in [6, 6.07) is 11.6. The Hall–Kier alpha value is -1.86. The summed E-state index contributed by atoms with van der Waals surface area (Å²) in [4.78, 5) is 0. The highest BCUT2D eigenvalue weighted by Crippen LogP contribution is 2.28. The highest BCUT2D eigenvalue weighted by Gasteiger charge is 2.06. The smallest absolute Gasteiger partial charge is 0.165 e. The van der Waals surface area contributed by atoms with E-state index in [0.29, 0.717) is 15.8 Å². The van der Waals surface area contributed by atoms with Crippen molar-refractivity contribution in [2.24, 2.45) is 0 Å². The van der Waals surface area contributed by atoms with Gasteiger partial charge in [-0.15, -0.1) is 0 Å². The molecular weight excluding hydrogens is 297 g/mol. The fraction of sp³-hybridized carbons (Fsp3) is 0.0714. The summed E-state index contributed by atoms with van der Waals surface area (Å²) in [6.45, 7) is 1.86. The zero-order valence-corrected chi connectivity index (χ0v) is 11.2. The van der Waals surface area contributed by atoms with Crippen molar-refractivity contribution in [3.05, 3.63) is 57.8 Å². The first-order valence-corrected chi connectivity index (χ1v) is 6.02. The molecule has 0 aliphatic rings. The van der Waals surface area contributed by atoms with Crippen molar-refractivity contribution in [1.29, 1.82) is 5.26 Å². The molecule has 0 fully saturated rings. The number of hydrogen-bond acceptors (Lipinski definition) is 2. The molecule has 2 rings (SSSR count). The molecule has 2 aromatic carbocycles. The lowest BCUT2D eigenvalue weighted by molar-refractivity contribution is 0.441. The standard InChI is InChI=1S/C14H9BrFNO/c1-9-2-3-13(16)14(4-9)18-12-6-10(8-17)5-11(15)7-12/h2-7H,1H3. The van der Waals surface area contributed by atoms with Crippen molar-refractivity contribution >= 4 is 15.9 Å². The van der Waals surface area contributed by atoms with Gasteiger partial charge < -0.3 is 4.74 Å². The molecule has 2 nitrogen and oxygen atoms in total. The summed E-state index contributed by atoms with van der Waals surface area (Å²) in [6.07, 6.45) is 0. The molecule has 0 aliphatic heterocycles. The lowest BCUT2D eigenvalue weighted by Gasteiger charge is -2.08. The van der Waals surface area contributed by atoms with Crippen LogP contribution in [-0.2, 0) is 0 Å². The molecule has 0 amide bonds. The van der Waals surface area contributed by atoms with Crippen LogP contribution in [0.3, 0.4) is 0 Å². The van der Waals surface area contributed by atoms with Crippen molar-refractivity contribution in [3.8, 4) is 17.6 Å². The third-order valence-electron chi connectivity index (χ3n) is 2.31. The first-order chi connectivity index (χ1) is 8.58. The van der Waals surface area contributed by atoms with Crippen molar-refractivity contribution in [2.45, 2.75) is 6.92 Å².